The first-order valence-electron chi connectivity index (χ1n) is 8.46. The first-order chi connectivity index (χ1) is 11.1. The molecule has 1 aromatic rings. The molecule has 1 aromatic carbocycles. The second-order valence-electron chi connectivity index (χ2n) is 6.23. The van der Waals surface area contributed by atoms with Crippen LogP contribution in [0.5, 0.6) is 0 Å². The monoisotopic (exact) mass is 316 g/mol. The molecule has 1 saturated carbocycles. The van der Waals surface area contributed by atoms with Crippen LogP contribution in [0.25, 0.3) is 0 Å². The lowest BCUT2D eigenvalue weighted by Crippen LogP contribution is -2.37. The second kappa shape index (κ2) is 8.56. The number of carbonyl (C=O) groups excluding carboxylic acids is 1. The Hall–Kier alpha value is -2.04. The first kappa shape index (κ1) is 17.3. The lowest BCUT2D eigenvalue weighted by molar-refractivity contribution is 0.0939. The van der Waals surface area contributed by atoms with E-state index in [1.54, 1.807) is 7.05 Å². The smallest absolute Gasteiger partial charge is 0.251 e. The van der Waals surface area contributed by atoms with Crippen molar-refractivity contribution in [2.75, 3.05) is 13.6 Å². The summed E-state index contributed by atoms with van der Waals surface area (Å²) in [5.74, 6) is 1.63. The fourth-order valence-electron chi connectivity index (χ4n) is 2.15. The highest BCUT2D eigenvalue weighted by molar-refractivity contribution is 5.94. The van der Waals surface area contributed by atoms with Crippen LogP contribution >= 0.6 is 0 Å². The largest absolute Gasteiger partial charge is 0.356 e. The van der Waals surface area contributed by atoms with Gasteiger partial charge in [-0.25, -0.2) is 0 Å². The number of hydrogen-bond donors (Lipinski definition) is 3. The van der Waals surface area contributed by atoms with E-state index >= 15 is 0 Å². The maximum atomic E-state index is 12.0. The van der Waals surface area contributed by atoms with Crippen LogP contribution in [0.15, 0.2) is 29.3 Å². The van der Waals surface area contributed by atoms with Crippen LogP contribution in [0.1, 0.15) is 49.0 Å². The Morgan fingerprint density at radius 1 is 1.26 bits per heavy atom. The van der Waals surface area contributed by atoms with E-state index in [4.69, 9.17) is 0 Å². The molecular weight excluding hydrogens is 288 g/mol. The molecule has 0 aromatic heterocycles. The van der Waals surface area contributed by atoms with Crippen molar-refractivity contribution in [3.05, 3.63) is 35.4 Å². The predicted octanol–water partition coefficient (Wildman–Crippen LogP) is 2.29. The lowest BCUT2D eigenvalue weighted by atomic mass is 10.1. The van der Waals surface area contributed by atoms with Gasteiger partial charge in [-0.1, -0.05) is 19.1 Å². The Morgan fingerprint density at radius 3 is 2.52 bits per heavy atom. The third-order valence-electron chi connectivity index (χ3n) is 4.14. The molecular formula is C18H28N4O. The lowest BCUT2D eigenvalue weighted by Gasteiger charge is -2.13. The highest BCUT2D eigenvalue weighted by Gasteiger charge is 2.21. The fourth-order valence-corrected chi connectivity index (χ4v) is 2.15. The third kappa shape index (κ3) is 5.93. The zero-order chi connectivity index (χ0) is 16.7. The molecule has 0 aliphatic heterocycles. The molecule has 5 nitrogen and oxygen atoms in total. The quantitative estimate of drug-likeness (QED) is 0.534. The Bertz CT molecular complexity index is 534. The van der Waals surface area contributed by atoms with Crippen LogP contribution in [0.3, 0.4) is 0 Å². The van der Waals surface area contributed by atoms with Gasteiger partial charge in [-0.15, -0.1) is 0 Å². The SMILES string of the molecule is CCC(C)NC(=O)c1ccc(CNC(=NC)NCC2CC2)cc1. The fraction of sp³-hybridized carbons (Fsp3) is 0.556. The Balaban J connectivity index is 1.80. The topological polar surface area (TPSA) is 65.5 Å². The number of aliphatic imine (C=N–C) groups is 1. The van der Waals surface area contributed by atoms with Gasteiger partial charge in [0.1, 0.15) is 0 Å². The third-order valence-corrected chi connectivity index (χ3v) is 4.14. The van der Waals surface area contributed by atoms with E-state index in [-0.39, 0.29) is 11.9 Å². The number of hydrogen-bond acceptors (Lipinski definition) is 2. The van der Waals surface area contributed by atoms with Crippen LogP contribution in [0, 0.1) is 5.92 Å². The highest BCUT2D eigenvalue weighted by Crippen LogP contribution is 2.27. The van der Waals surface area contributed by atoms with Gasteiger partial charge in [-0.3, -0.25) is 9.79 Å². The van der Waals surface area contributed by atoms with E-state index in [0.29, 0.717) is 12.1 Å². The molecule has 1 unspecified atom stereocenters. The van der Waals surface area contributed by atoms with Gasteiger partial charge in [-0.2, -0.15) is 0 Å². The van der Waals surface area contributed by atoms with Crippen molar-refractivity contribution in [3.8, 4) is 0 Å². The Morgan fingerprint density at radius 2 is 1.96 bits per heavy atom. The van der Waals surface area contributed by atoms with Crippen molar-refractivity contribution < 1.29 is 4.79 Å². The minimum absolute atomic E-state index is 0.0132. The zero-order valence-corrected chi connectivity index (χ0v) is 14.4. The van der Waals surface area contributed by atoms with Gasteiger partial charge in [-0.05, 0) is 49.8 Å². The van der Waals surface area contributed by atoms with Gasteiger partial charge in [0.05, 0.1) is 0 Å². The first-order valence-corrected chi connectivity index (χ1v) is 8.46. The summed E-state index contributed by atoms with van der Waals surface area (Å²) >= 11 is 0. The van der Waals surface area contributed by atoms with Crippen LogP contribution in [-0.2, 0) is 6.54 Å². The second-order valence-corrected chi connectivity index (χ2v) is 6.23. The van der Waals surface area contributed by atoms with E-state index < -0.39 is 0 Å². The van der Waals surface area contributed by atoms with Crippen molar-refractivity contribution in [2.45, 2.75) is 45.7 Å². The number of amides is 1. The number of carbonyl (C=O) groups is 1. The van der Waals surface area contributed by atoms with E-state index in [9.17, 15) is 4.79 Å². The number of benzene rings is 1. The average molecular weight is 316 g/mol. The summed E-state index contributed by atoms with van der Waals surface area (Å²) in [5, 5.41) is 9.61. The molecule has 0 bridgehead atoms. The number of guanidine groups is 1. The van der Waals surface area contributed by atoms with Crippen LogP contribution in [-0.4, -0.2) is 31.5 Å². The summed E-state index contributed by atoms with van der Waals surface area (Å²) in [6.07, 6.45) is 3.58. The summed E-state index contributed by atoms with van der Waals surface area (Å²) in [7, 11) is 1.78. The standard InChI is InChI=1S/C18H28N4O/c1-4-13(2)22-17(23)16-9-7-15(8-10-16)12-21-18(19-3)20-11-14-5-6-14/h7-10,13-14H,4-6,11-12H2,1-3H3,(H,22,23)(H2,19,20,21). The molecule has 1 aliphatic rings. The van der Waals surface area contributed by atoms with E-state index in [0.717, 1.165) is 30.4 Å². The molecule has 1 amide bonds. The maximum Gasteiger partial charge on any atom is 0.251 e. The van der Waals surface area contributed by atoms with E-state index in [1.165, 1.54) is 12.8 Å². The summed E-state index contributed by atoms with van der Waals surface area (Å²) in [5.41, 5.74) is 1.82. The minimum atomic E-state index is -0.0132. The number of rotatable bonds is 7. The molecule has 23 heavy (non-hydrogen) atoms. The summed E-state index contributed by atoms with van der Waals surface area (Å²) in [6, 6.07) is 7.90. The molecule has 1 aliphatic carbocycles. The van der Waals surface area contributed by atoms with Crippen molar-refractivity contribution in [2.24, 2.45) is 10.9 Å². The molecule has 3 N–H and O–H groups in total. The van der Waals surface area contributed by atoms with Crippen molar-refractivity contribution in [1.82, 2.24) is 16.0 Å². The van der Waals surface area contributed by atoms with Crippen LogP contribution in [0.2, 0.25) is 0 Å². The normalized spacial score (nSPS) is 15.9. The molecule has 0 saturated heterocycles. The predicted molar refractivity (Wildman–Crippen MR) is 94.6 cm³/mol. The average Bonchev–Trinajstić information content (AvgIpc) is 3.39. The zero-order valence-electron chi connectivity index (χ0n) is 14.4. The van der Waals surface area contributed by atoms with E-state index in [2.05, 4.69) is 27.9 Å². The van der Waals surface area contributed by atoms with Gasteiger partial charge in [0.15, 0.2) is 5.96 Å². The molecule has 126 valence electrons. The molecule has 1 fully saturated rings. The van der Waals surface area contributed by atoms with Crippen molar-refractivity contribution in [1.29, 1.82) is 0 Å². The van der Waals surface area contributed by atoms with Crippen LogP contribution < -0.4 is 16.0 Å². The molecule has 0 spiro atoms. The van der Waals surface area contributed by atoms with Gasteiger partial charge < -0.3 is 16.0 Å². The number of nitrogens with one attached hydrogen (secondary N) is 3. The summed E-state index contributed by atoms with van der Waals surface area (Å²) in [6.45, 7) is 5.76. The van der Waals surface area contributed by atoms with Crippen molar-refractivity contribution >= 4 is 11.9 Å². The van der Waals surface area contributed by atoms with Gasteiger partial charge >= 0.3 is 0 Å². The van der Waals surface area contributed by atoms with Gasteiger partial charge in [0, 0.05) is 31.7 Å². The van der Waals surface area contributed by atoms with Crippen molar-refractivity contribution in [3.63, 3.8) is 0 Å². The number of nitrogens with zero attached hydrogens (tertiary/aromatic N) is 1. The molecule has 0 heterocycles. The molecule has 2 rings (SSSR count). The summed E-state index contributed by atoms with van der Waals surface area (Å²) in [4.78, 5) is 16.3. The molecule has 0 radical (unpaired) electrons. The minimum Gasteiger partial charge on any atom is -0.356 e. The van der Waals surface area contributed by atoms with Gasteiger partial charge in [0.25, 0.3) is 5.91 Å². The molecule has 5 heteroatoms. The Kier molecular flexibility index (Phi) is 6.44. The van der Waals surface area contributed by atoms with E-state index in [1.807, 2.05) is 31.2 Å². The van der Waals surface area contributed by atoms with Gasteiger partial charge in [0.2, 0.25) is 0 Å². The molecule has 1 atom stereocenters. The van der Waals surface area contributed by atoms with Crippen LogP contribution in [0.4, 0.5) is 0 Å². The Labute approximate surface area is 139 Å². The summed E-state index contributed by atoms with van der Waals surface area (Å²) < 4.78 is 0. The maximum absolute atomic E-state index is 12.0. The highest BCUT2D eigenvalue weighted by atomic mass is 16.1.